The Morgan fingerprint density at radius 3 is 3.06 bits per heavy atom. The van der Waals surface area contributed by atoms with Gasteiger partial charge in [-0.2, -0.15) is 10.4 Å². The van der Waals surface area contributed by atoms with Gasteiger partial charge >= 0.3 is 6.09 Å². The quantitative estimate of drug-likeness (QED) is 0.856. The lowest BCUT2D eigenvalue weighted by Gasteiger charge is -2.04. The van der Waals surface area contributed by atoms with Crippen molar-refractivity contribution in [2.45, 2.75) is 6.54 Å². The standard InChI is InChI=1S/C10H7ClN4O2/c11-7-1-2-8(14-10(16)17)6-5-13-15(4-3-12)9(6)7/h1-2,5,14H,4H2,(H,16,17). The second kappa shape index (κ2) is 4.31. The van der Waals surface area contributed by atoms with E-state index in [0.717, 1.165) is 0 Å². The number of rotatable bonds is 2. The Morgan fingerprint density at radius 1 is 1.65 bits per heavy atom. The van der Waals surface area contributed by atoms with Gasteiger partial charge in [-0.25, -0.2) is 9.48 Å². The molecule has 0 aliphatic rings. The van der Waals surface area contributed by atoms with E-state index in [1.165, 1.54) is 10.9 Å². The number of nitrogens with zero attached hydrogens (tertiary/aromatic N) is 3. The average Bonchev–Trinajstić information content (AvgIpc) is 2.67. The largest absolute Gasteiger partial charge is 0.465 e. The number of nitrogens with one attached hydrogen (secondary N) is 1. The summed E-state index contributed by atoms with van der Waals surface area (Å²) in [5, 5.41) is 24.5. The first-order valence-electron chi connectivity index (χ1n) is 4.64. The molecule has 0 aliphatic carbocycles. The Bertz CT molecular complexity index is 629. The highest BCUT2D eigenvalue weighted by Crippen LogP contribution is 2.29. The molecule has 0 saturated carbocycles. The molecule has 0 spiro atoms. The molecule has 0 saturated heterocycles. The molecule has 2 aromatic rings. The van der Waals surface area contributed by atoms with Crippen LogP contribution in [0.1, 0.15) is 0 Å². The normalized spacial score (nSPS) is 10.1. The van der Waals surface area contributed by atoms with E-state index in [1.807, 2.05) is 6.07 Å². The first kappa shape index (κ1) is 11.2. The van der Waals surface area contributed by atoms with E-state index in [-0.39, 0.29) is 6.54 Å². The van der Waals surface area contributed by atoms with Gasteiger partial charge in [0.2, 0.25) is 0 Å². The molecule has 0 aliphatic heterocycles. The predicted molar refractivity (Wildman–Crippen MR) is 62.0 cm³/mol. The number of nitriles is 1. The van der Waals surface area contributed by atoms with Gasteiger partial charge in [-0.05, 0) is 12.1 Å². The Labute approximate surface area is 101 Å². The molecule has 1 aromatic carbocycles. The Hall–Kier alpha value is -2.26. The highest BCUT2D eigenvalue weighted by atomic mass is 35.5. The summed E-state index contributed by atoms with van der Waals surface area (Å²) in [6, 6.07) is 5.07. The minimum Gasteiger partial charge on any atom is -0.465 e. The van der Waals surface area contributed by atoms with Crippen molar-refractivity contribution < 1.29 is 9.90 Å². The monoisotopic (exact) mass is 250 g/mol. The molecular weight excluding hydrogens is 244 g/mol. The molecule has 0 radical (unpaired) electrons. The maximum absolute atomic E-state index is 10.6. The minimum absolute atomic E-state index is 0.0553. The van der Waals surface area contributed by atoms with Crippen molar-refractivity contribution >= 4 is 34.3 Å². The lowest BCUT2D eigenvalue weighted by atomic mass is 10.2. The van der Waals surface area contributed by atoms with Crippen molar-refractivity contribution in [3.8, 4) is 6.07 Å². The van der Waals surface area contributed by atoms with Gasteiger partial charge in [0, 0.05) is 5.39 Å². The third kappa shape index (κ3) is 2.00. The summed E-state index contributed by atoms with van der Waals surface area (Å²) in [7, 11) is 0. The van der Waals surface area contributed by atoms with Crippen LogP contribution in [-0.2, 0) is 6.54 Å². The van der Waals surface area contributed by atoms with E-state index in [0.29, 0.717) is 21.6 Å². The van der Waals surface area contributed by atoms with E-state index in [2.05, 4.69) is 10.4 Å². The third-order valence-corrected chi connectivity index (χ3v) is 2.52. The molecule has 2 rings (SSSR count). The summed E-state index contributed by atoms with van der Waals surface area (Å²) in [6.07, 6.45) is 0.311. The lowest BCUT2D eigenvalue weighted by molar-refractivity contribution is 0.210. The van der Waals surface area contributed by atoms with Gasteiger partial charge in [0.15, 0.2) is 0 Å². The maximum Gasteiger partial charge on any atom is 0.409 e. The highest BCUT2D eigenvalue weighted by Gasteiger charge is 2.12. The van der Waals surface area contributed by atoms with Crippen molar-refractivity contribution in [1.29, 1.82) is 5.26 Å². The Morgan fingerprint density at radius 2 is 2.41 bits per heavy atom. The first-order valence-corrected chi connectivity index (χ1v) is 5.02. The van der Waals surface area contributed by atoms with Gasteiger partial charge in [0.1, 0.15) is 6.54 Å². The van der Waals surface area contributed by atoms with Gasteiger partial charge in [0.05, 0.1) is 28.5 Å². The number of fused-ring (bicyclic) bond motifs is 1. The molecule has 6 nitrogen and oxygen atoms in total. The summed E-state index contributed by atoms with van der Waals surface area (Å²) < 4.78 is 1.42. The molecule has 86 valence electrons. The fraction of sp³-hybridized carbons (Fsp3) is 0.100. The molecule has 0 bridgehead atoms. The Kier molecular flexibility index (Phi) is 2.85. The summed E-state index contributed by atoms with van der Waals surface area (Å²) in [5.74, 6) is 0. The molecule has 1 amide bonds. The number of anilines is 1. The number of amides is 1. The van der Waals surface area contributed by atoms with E-state index >= 15 is 0 Å². The fourth-order valence-electron chi connectivity index (χ4n) is 1.57. The molecule has 0 fully saturated rings. The molecule has 1 aromatic heterocycles. The number of carbonyl (C=O) groups is 1. The first-order chi connectivity index (χ1) is 8.13. The highest BCUT2D eigenvalue weighted by molar-refractivity contribution is 6.35. The summed E-state index contributed by atoms with van der Waals surface area (Å²) in [5.41, 5.74) is 0.931. The van der Waals surface area contributed by atoms with Crippen LogP contribution in [0.25, 0.3) is 10.9 Å². The van der Waals surface area contributed by atoms with Crippen molar-refractivity contribution in [3.05, 3.63) is 23.4 Å². The van der Waals surface area contributed by atoms with Crippen LogP contribution in [-0.4, -0.2) is 21.0 Å². The molecule has 1 heterocycles. The molecule has 0 atom stereocenters. The number of hydrogen-bond acceptors (Lipinski definition) is 3. The smallest absolute Gasteiger partial charge is 0.409 e. The van der Waals surface area contributed by atoms with E-state index in [9.17, 15) is 4.79 Å². The molecule has 7 heteroatoms. The number of benzene rings is 1. The van der Waals surface area contributed by atoms with Crippen LogP contribution in [0.5, 0.6) is 0 Å². The SMILES string of the molecule is N#CCn1ncc2c(NC(=O)O)ccc(Cl)c21. The minimum atomic E-state index is -1.17. The lowest BCUT2D eigenvalue weighted by Crippen LogP contribution is -2.07. The van der Waals surface area contributed by atoms with Crippen LogP contribution in [0.2, 0.25) is 5.02 Å². The zero-order valence-electron chi connectivity index (χ0n) is 8.51. The van der Waals surface area contributed by atoms with Gasteiger partial charge in [-0.15, -0.1) is 0 Å². The number of aromatic nitrogens is 2. The molecule has 17 heavy (non-hydrogen) atoms. The van der Waals surface area contributed by atoms with Crippen LogP contribution in [0, 0.1) is 11.3 Å². The molecule has 2 N–H and O–H groups in total. The summed E-state index contributed by atoms with van der Waals surface area (Å²) in [6.45, 7) is 0.0553. The van der Waals surface area contributed by atoms with E-state index < -0.39 is 6.09 Å². The van der Waals surface area contributed by atoms with Crippen molar-refractivity contribution in [2.24, 2.45) is 0 Å². The van der Waals surface area contributed by atoms with Crippen LogP contribution in [0.4, 0.5) is 10.5 Å². The molecule has 0 unspecified atom stereocenters. The van der Waals surface area contributed by atoms with Crippen LogP contribution >= 0.6 is 11.6 Å². The summed E-state index contributed by atoms with van der Waals surface area (Å²) >= 11 is 6.00. The van der Waals surface area contributed by atoms with Gasteiger partial charge in [-0.1, -0.05) is 11.6 Å². The average molecular weight is 251 g/mol. The van der Waals surface area contributed by atoms with E-state index in [1.54, 1.807) is 12.1 Å². The van der Waals surface area contributed by atoms with Crippen molar-refractivity contribution in [1.82, 2.24) is 9.78 Å². The van der Waals surface area contributed by atoms with Gasteiger partial charge in [0.25, 0.3) is 0 Å². The zero-order valence-corrected chi connectivity index (χ0v) is 9.27. The maximum atomic E-state index is 10.6. The second-order valence-corrected chi connectivity index (χ2v) is 3.65. The number of carboxylic acid groups (broad SMARTS) is 1. The second-order valence-electron chi connectivity index (χ2n) is 3.25. The van der Waals surface area contributed by atoms with Crippen LogP contribution in [0.3, 0.4) is 0 Å². The van der Waals surface area contributed by atoms with Gasteiger partial charge in [-0.3, -0.25) is 5.32 Å². The van der Waals surface area contributed by atoms with Crippen LogP contribution in [0.15, 0.2) is 18.3 Å². The fourth-order valence-corrected chi connectivity index (χ4v) is 1.83. The van der Waals surface area contributed by atoms with Crippen molar-refractivity contribution in [3.63, 3.8) is 0 Å². The topological polar surface area (TPSA) is 90.9 Å². The number of halogens is 1. The number of hydrogen-bond donors (Lipinski definition) is 2. The van der Waals surface area contributed by atoms with Crippen LogP contribution < -0.4 is 5.32 Å². The van der Waals surface area contributed by atoms with Gasteiger partial charge < -0.3 is 5.11 Å². The Balaban J connectivity index is 2.63. The zero-order chi connectivity index (χ0) is 12.4. The third-order valence-electron chi connectivity index (χ3n) is 2.21. The summed E-state index contributed by atoms with van der Waals surface area (Å²) in [4.78, 5) is 10.6. The van der Waals surface area contributed by atoms with E-state index in [4.69, 9.17) is 22.0 Å². The van der Waals surface area contributed by atoms with Crippen molar-refractivity contribution in [2.75, 3.05) is 5.32 Å². The predicted octanol–water partition coefficient (Wildman–Crippen LogP) is 2.30. The molecular formula is C10H7ClN4O2.